The largest absolute Gasteiger partial charge is 0.426 e. The minimum atomic E-state index is -5.04. The third kappa shape index (κ3) is 1.86. The van der Waals surface area contributed by atoms with Crippen LogP contribution in [0.1, 0.15) is 12.5 Å². The fourth-order valence-electron chi connectivity index (χ4n) is 0.944. The summed E-state index contributed by atoms with van der Waals surface area (Å²) in [5.41, 5.74) is -4.25. The molecule has 0 heterocycles. The van der Waals surface area contributed by atoms with Gasteiger partial charge in [-0.3, -0.25) is 0 Å². The van der Waals surface area contributed by atoms with Crippen molar-refractivity contribution in [2.75, 3.05) is 0 Å². The fourth-order valence-corrected chi connectivity index (χ4v) is 0.944. The molecular formula is C9H7F5. The molecule has 0 amide bonds. The molecule has 0 aliphatic rings. The molecule has 0 saturated heterocycles. The molecule has 0 aliphatic carbocycles. The molecule has 1 rings (SSSR count). The minimum absolute atomic E-state index is 0.363. The quantitative estimate of drug-likeness (QED) is 0.621. The predicted octanol–water partition coefficient (Wildman–Crippen LogP) is 3.57. The first-order chi connectivity index (χ1) is 6.25. The van der Waals surface area contributed by atoms with E-state index >= 15 is 0 Å². The Bertz CT molecular complexity index is 326. The van der Waals surface area contributed by atoms with Crippen molar-refractivity contribution < 1.29 is 22.0 Å². The molecule has 1 atom stereocenters. The molecule has 0 aromatic heterocycles. The van der Waals surface area contributed by atoms with E-state index < -0.39 is 23.2 Å². The molecule has 14 heavy (non-hydrogen) atoms. The number of hydrogen-bond donors (Lipinski definition) is 0. The summed E-state index contributed by atoms with van der Waals surface area (Å²) >= 11 is 0. The molecule has 1 unspecified atom stereocenters. The van der Waals surface area contributed by atoms with Crippen LogP contribution in [0.25, 0.3) is 0 Å². The van der Waals surface area contributed by atoms with Gasteiger partial charge in [-0.05, 0) is 19.1 Å². The van der Waals surface area contributed by atoms with Crippen LogP contribution in [0, 0.1) is 5.82 Å². The van der Waals surface area contributed by atoms with Crippen molar-refractivity contribution in [3.63, 3.8) is 0 Å². The summed E-state index contributed by atoms with van der Waals surface area (Å²) in [4.78, 5) is 0. The zero-order valence-corrected chi connectivity index (χ0v) is 7.20. The second kappa shape index (κ2) is 3.22. The third-order valence-corrected chi connectivity index (χ3v) is 1.90. The maximum Gasteiger partial charge on any atom is 0.426 e. The van der Waals surface area contributed by atoms with Crippen LogP contribution in [-0.2, 0) is 5.67 Å². The topological polar surface area (TPSA) is 0 Å². The number of benzene rings is 1. The average Bonchev–Trinajstić information content (AvgIpc) is 2.02. The summed E-state index contributed by atoms with van der Waals surface area (Å²) in [5, 5.41) is 0. The summed E-state index contributed by atoms with van der Waals surface area (Å²) in [6.45, 7) is 0.363. The van der Waals surface area contributed by atoms with Gasteiger partial charge in [0.1, 0.15) is 5.82 Å². The normalized spacial score (nSPS) is 16.4. The van der Waals surface area contributed by atoms with Crippen LogP contribution in [0.3, 0.4) is 0 Å². The summed E-state index contributed by atoms with van der Waals surface area (Å²) in [6, 6.07) is 3.42. The van der Waals surface area contributed by atoms with E-state index in [9.17, 15) is 22.0 Å². The van der Waals surface area contributed by atoms with Crippen LogP contribution in [0.4, 0.5) is 22.0 Å². The van der Waals surface area contributed by atoms with Crippen molar-refractivity contribution >= 4 is 0 Å². The lowest BCUT2D eigenvalue weighted by atomic mass is 9.97. The first-order valence-electron chi connectivity index (χ1n) is 3.77. The first-order valence-corrected chi connectivity index (χ1v) is 3.77. The smallest absolute Gasteiger partial charge is 0.229 e. The molecule has 0 N–H and O–H groups in total. The zero-order chi connectivity index (χ0) is 11.0. The Kier molecular flexibility index (Phi) is 2.52. The van der Waals surface area contributed by atoms with Crippen molar-refractivity contribution in [3.8, 4) is 0 Å². The van der Waals surface area contributed by atoms with Crippen molar-refractivity contribution in [2.24, 2.45) is 0 Å². The lowest BCUT2D eigenvalue weighted by Gasteiger charge is -2.23. The summed E-state index contributed by atoms with van der Waals surface area (Å²) in [6.07, 6.45) is -5.04. The standard InChI is InChI=1S/C9H7F5/c1-8(11,9(12,13)14)6-3-2-4-7(10)5-6/h2-5H,1H3. The lowest BCUT2D eigenvalue weighted by Crippen LogP contribution is -2.35. The second-order valence-corrected chi connectivity index (χ2v) is 3.01. The maximum absolute atomic E-state index is 13.2. The highest BCUT2D eigenvalue weighted by Gasteiger charge is 2.53. The highest BCUT2D eigenvalue weighted by Crippen LogP contribution is 2.41. The van der Waals surface area contributed by atoms with Gasteiger partial charge in [-0.1, -0.05) is 12.1 Å². The fraction of sp³-hybridized carbons (Fsp3) is 0.333. The highest BCUT2D eigenvalue weighted by molar-refractivity contribution is 5.24. The van der Waals surface area contributed by atoms with Crippen LogP contribution in [0.15, 0.2) is 24.3 Å². The predicted molar refractivity (Wildman–Crippen MR) is 40.9 cm³/mol. The van der Waals surface area contributed by atoms with E-state index in [1.807, 2.05) is 0 Å². The van der Waals surface area contributed by atoms with Gasteiger partial charge in [0.25, 0.3) is 0 Å². The van der Waals surface area contributed by atoms with Gasteiger partial charge >= 0.3 is 6.18 Å². The van der Waals surface area contributed by atoms with Gasteiger partial charge in [-0.25, -0.2) is 8.78 Å². The van der Waals surface area contributed by atoms with Crippen LogP contribution < -0.4 is 0 Å². The molecule has 1 aromatic carbocycles. The number of halogens is 5. The van der Waals surface area contributed by atoms with E-state index in [0.29, 0.717) is 13.0 Å². The molecule has 5 heteroatoms. The second-order valence-electron chi connectivity index (χ2n) is 3.01. The van der Waals surface area contributed by atoms with E-state index in [-0.39, 0.29) is 0 Å². The van der Waals surface area contributed by atoms with Crippen molar-refractivity contribution in [1.82, 2.24) is 0 Å². The van der Waals surface area contributed by atoms with Gasteiger partial charge < -0.3 is 0 Å². The lowest BCUT2D eigenvalue weighted by molar-refractivity contribution is -0.228. The van der Waals surface area contributed by atoms with Crippen LogP contribution in [0.5, 0.6) is 0 Å². The Balaban J connectivity index is 3.16. The Hall–Kier alpha value is -1.13. The first kappa shape index (κ1) is 10.9. The van der Waals surface area contributed by atoms with Gasteiger partial charge in [-0.2, -0.15) is 13.2 Å². The van der Waals surface area contributed by atoms with Crippen LogP contribution >= 0.6 is 0 Å². The van der Waals surface area contributed by atoms with Crippen molar-refractivity contribution in [2.45, 2.75) is 18.8 Å². The molecule has 1 aromatic rings. The van der Waals surface area contributed by atoms with E-state index in [0.717, 1.165) is 18.2 Å². The maximum atomic E-state index is 13.2. The molecule has 0 fully saturated rings. The molecule has 0 bridgehead atoms. The number of hydrogen-bond acceptors (Lipinski definition) is 0. The summed E-state index contributed by atoms with van der Waals surface area (Å²) < 4.78 is 62.2. The molecule has 0 radical (unpaired) electrons. The van der Waals surface area contributed by atoms with Gasteiger partial charge in [0.05, 0.1) is 0 Å². The average molecular weight is 210 g/mol. The molecule has 0 saturated carbocycles. The van der Waals surface area contributed by atoms with E-state index in [4.69, 9.17) is 0 Å². The Labute approximate surface area is 77.4 Å². The Morgan fingerprint density at radius 2 is 1.64 bits per heavy atom. The number of alkyl halides is 4. The SMILES string of the molecule is CC(F)(c1cccc(F)c1)C(F)(F)F. The van der Waals surface area contributed by atoms with Gasteiger partial charge in [-0.15, -0.1) is 0 Å². The van der Waals surface area contributed by atoms with Gasteiger partial charge in [0.15, 0.2) is 0 Å². The number of rotatable bonds is 1. The van der Waals surface area contributed by atoms with Crippen LogP contribution in [0.2, 0.25) is 0 Å². The Morgan fingerprint density at radius 1 is 1.07 bits per heavy atom. The molecule has 78 valence electrons. The van der Waals surface area contributed by atoms with E-state index in [1.165, 1.54) is 0 Å². The molecule has 0 aliphatic heterocycles. The molecule has 0 spiro atoms. The monoisotopic (exact) mass is 210 g/mol. The van der Waals surface area contributed by atoms with Gasteiger partial charge in [0, 0.05) is 5.56 Å². The summed E-state index contributed by atoms with van der Waals surface area (Å²) in [5.74, 6) is -0.893. The summed E-state index contributed by atoms with van der Waals surface area (Å²) in [7, 11) is 0. The zero-order valence-electron chi connectivity index (χ0n) is 7.20. The van der Waals surface area contributed by atoms with E-state index in [1.54, 1.807) is 0 Å². The van der Waals surface area contributed by atoms with E-state index in [2.05, 4.69) is 0 Å². The third-order valence-electron chi connectivity index (χ3n) is 1.90. The van der Waals surface area contributed by atoms with Crippen LogP contribution in [-0.4, -0.2) is 6.18 Å². The Morgan fingerprint density at radius 3 is 2.07 bits per heavy atom. The van der Waals surface area contributed by atoms with Crippen molar-refractivity contribution in [3.05, 3.63) is 35.6 Å². The minimum Gasteiger partial charge on any atom is -0.229 e. The van der Waals surface area contributed by atoms with Gasteiger partial charge in [0.2, 0.25) is 5.67 Å². The highest BCUT2D eigenvalue weighted by atomic mass is 19.4. The van der Waals surface area contributed by atoms with Crippen molar-refractivity contribution in [1.29, 1.82) is 0 Å². The molecule has 0 nitrogen and oxygen atoms in total. The molecular weight excluding hydrogens is 203 g/mol.